The number of imide groups is 1. The van der Waals surface area contributed by atoms with Gasteiger partial charge in [-0.25, -0.2) is 9.29 Å². The van der Waals surface area contributed by atoms with Gasteiger partial charge in [0.05, 0.1) is 16.6 Å². The zero-order chi connectivity index (χ0) is 28.8. The standard InChI is InChI=1S/C28H19BrFN3O6S2/c29-13-1-10-19(39-12-20(35)31-15-4-8-17(34)9-5-15)18(11-13)21-22-24(40-25-23(21)41-28(38)32-25)27(37)33(26(22)36)16-6-2-14(30)3-7-16/h1-11,21-22,24,34H,12H2,(H,31,35)(H,32,38). The van der Waals surface area contributed by atoms with E-state index >= 15 is 0 Å². The second-order valence-corrected chi connectivity index (χ2v) is 12.4. The molecule has 3 heterocycles. The van der Waals surface area contributed by atoms with Crippen LogP contribution in [-0.4, -0.2) is 39.7 Å². The molecule has 2 aliphatic heterocycles. The van der Waals surface area contributed by atoms with Gasteiger partial charge in [0.1, 0.15) is 22.6 Å². The number of aromatic hydroxyl groups is 1. The second-order valence-electron chi connectivity index (χ2n) is 9.30. The maximum absolute atomic E-state index is 13.9. The van der Waals surface area contributed by atoms with E-state index in [1.807, 2.05) is 0 Å². The number of aromatic amines is 1. The van der Waals surface area contributed by atoms with Gasteiger partial charge < -0.3 is 20.1 Å². The molecule has 0 radical (unpaired) electrons. The fraction of sp³-hybridized carbons (Fsp3) is 0.143. The van der Waals surface area contributed by atoms with Crippen LogP contribution in [0, 0.1) is 11.7 Å². The van der Waals surface area contributed by atoms with Crippen LogP contribution in [0.4, 0.5) is 15.8 Å². The first-order valence-electron chi connectivity index (χ1n) is 12.2. The van der Waals surface area contributed by atoms with Crippen LogP contribution in [-0.2, 0) is 14.4 Å². The molecule has 208 valence electrons. The summed E-state index contributed by atoms with van der Waals surface area (Å²) in [5.74, 6) is -3.17. The minimum Gasteiger partial charge on any atom is -0.508 e. The van der Waals surface area contributed by atoms with Crippen molar-refractivity contribution in [3.05, 3.63) is 97.1 Å². The molecule has 9 nitrogen and oxygen atoms in total. The van der Waals surface area contributed by atoms with Gasteiger partial charge in [0.2, 0.25) is 11.8 Å². The smallest absolute Gasteiger partial charge is 0.305 e. The van der Waals surface area contributed by atoms with E-state index < -0.39 is 40.6 Å². The number of halogens is 2. The normalized spacial score (nSPS) is 19.6. The van der Waals surface area contributed by atoms with E-state index in [0.717, 1.165) is 28.0 Å². The third kappa shape index (κ3) is 5.16. The second kappa shape index (κ2) is 10.8. The van der Waals surface area contributed by atoms with Crippen molar-refractivity contribution in [2.24, 2.45) is 5.92 Å². The number of nitrogens with zero attached hydrogens (tertiary/aromatic N) is 1. The van der Waals surface area contributed by atoms with Crippen molar-refractivity contribution in [2.75, 3.05) is 16.8 Å². The lowest BCUT2D eigenvalue weighted by molar-refractivity contribution is -0.122. The first-order valence-corrected chi connectivity index (χ1v) is 14.7. The molecule has 4 aromatic rings. The van der Waals surface area contributed by atoms with Gasteiger partial charge in [-0.2, -0.15) is 0 Å². The van der Waals surface area contributed by atoms with Crippen LogP contribution in [0.25, 0.3) is 0 Å². The van der Waals surface area contributed by atoms with Crippen molar-refractivity contribution in [3.63, 3.8) is 0 Å². The Morgan fingerprint density at radius 2 is 1.78 bits per heavy atom. The highest BCUT2D eigenvalue weighted by molar-refractivity contribution is 9.10. The van der Waals surface area contributed by atoms with E-state index in [1.54, 1.807) is 30.3 Å². The highest BCUT2D eigenvalue weighted by Crippen LogP contribution is 2.54. The van der Waals surface area contributed by atoms with Crippen molar-refractivity contribution < 1.29 is 28.6 Å². The summed E-state index contributed by atoms with van der Waals surface area (Å²) in [6, 6.07) is 16.2. The Balaban J connectivity index is 1.36. The van der Waals surface area contributed by atoms with E-state index in [-0.39, 0.29) is 22.9 Å². The number of carbonyl (C=O) groups is 3. The van der Waals surface area contributed by atoms with Gasteiger partial charge in [0.15, 0.2) is 6.61 Å². The Morgan fingerprint density at radius 3 is 2.51 bits per heavy atom. The predicted molar refractivity (Wildman–Crippen MR) is 155 cm³/mol. The Kier molecular flexibility index (Phi) is 7.18. The van der Waals surface area contributed by atoms with E-state index in [1.165, 1.54) is 36.4 Å². The summed E-state index contributed by atoms with van der Waals surface area (Å²) in [6.45, 7) is -0.365. The lowest BCUT2D eigenvalue weighted by atomic mass is 9.82. The number of rotatable bonds is 6. The zero-order valence-electron chi connectivity index (χ0n) is 20.8. The van der Waals surface area contributed by atoms with E-state index in [4.69, 9.17) is 4.74 Å². The third-order valence-corrected chi connectivity index (χ3v) is 9.62. The number of hydrogen-bond donors (Lipinski definition) is 3. The topological polar surface area (TPSA) is 129 Å². The van der Waals surface area contributed by atoms with Crippen LogP contribution in [0.2, 0.25) is 0 Å². The van der Waals surface area contributed by atoms with Crippen LogP contribution in [0.5, 0.6) is 11.5 Å². The molecule has 0 aliphatic carbocycles. The van der Waals surface area contributed by atoms with Gasteiger partial charge in [-0.05, 0) is 66.7 Å². The molecule has 3 N–H and O–H groups in total. The molecule has 3 aromatic carbocycles. The van der Waals surface area contributed by atoms with Gasteiger partial charge in [-0.1, -0.05) is 39.0 Å². The average Bonchev–Trinajstić information content (AvgIpc) is 3.44. The number of thioether (sulfide) groups is 1. The molecule has 6 rings (SSSR count). The predicted octanol–water partition coefficient (Wildman–Crippen LogP) is 4.86. The molecule has 0 bridgehead atoms. The van der Waals surface area contributed by atoms with Gasteiger partial charge in [0.25, 0.3) is 5.91 Å². The first kappa shape index (κ1) is 27.2. The maximum atomic E-state index is 13.9. The quantitative estimate of drug-likeness (QED) is 0.200. The number of carbonyl (C=O) groups excluding carboxylic acids is 3. The molecule has 3 amide bonds. The maximum Gasteiger partial charge on any atom is 0.305 e. The summed E-state index contributed by atoms with van der Waals surface area (Å²) in [5, 5.41) is 11.8. The molecule has 1 fully saturated rings. The monoisotopic (exact) mass is 655 g/mol. The van der Waals surface area contributed by atoms with Crippen molar-refractivity contribution in [1.29, 1.82) is 0 Å². The molecule has 1 saturated heterocycles. The molecule has 2 aliphatic rings. The van der Waals surface area contributed by atoms with Crippen molar-refractivity contribution >= 4 is 68.1 Å². The molecule has 13 heteroatoms. The lowest BCUT2D eigenvalue weighted by Gasteiger charge is -2.31. The molecule has 41 heavy (non-hydrogen) atoms. The fourth-order valence-corrected chi connectivity index (χ4v) is 7.86. The third-order valence-electron chi connectivity index (χ3n) is 6.73. The average molecular weight is 657 g/mol. The molecule has 3 atom stereocenters. The van der Waals surface area contributed by atoms with Gasteiger partial charge >= 0.3 is 4.87 Å². The van der Waals surface area contributed by atoms with E-state index in [9.17, 15) is 28.7 Å². The largest absolute Gasteiger partial charge is 0.508 e. The van der Waals surface area contributed by atoms with Crippen LogP contribution < -0.4 is 19.8 Å². The first-order chi connectivity index (χ1) is 19.7. The lowest BCUT2D eigenvalue weighted by Crippen LogP contribution is -2.32. The van der Waals surface area contributed by atoms with Gasteiger partial charge in [0, 0.05) is 26.5 Å². The van der Waals surface area contributed by atoms with Crippen LogP contribution in [0.1, 0.15) is 16.4 Å². The van der Waals surface area contributed by atoms with Crippen molar-refractivity contribution in [1.82, 2.24) is 4.98 Å². The Labute approximate surface area is 248 Å². The number of amides is 3. The minimum absolute atomic E-state index is 0.0621. The summed E-state index contributed by atoms with van der Waals surface area (Å²) in [4.78, 5) is 56.7. The van der Waals surface area contributed by atoms with Crippen molar-refractivity contribution in [2.45, 2.75) is 16.2 Å². The SMILES string of the molecule is O=C(COc1ccc(Br)cc1C1c2sc(=O)[nH]c2SC2C(=O)N(c3ccc(F)cc3)C(=O)C21)Nc1ccc(O)cc1. The Bertz CT molecular complexity index is 1740. The zero-order valence-corrected chi connectivity index (χ0v) is 24.0. The number of nitrogens with one attached hydrogen (secondary N) is 2. The number of fused-ring (bicyclic) bond motifs is 2. The number of H-pyrrole nitrogens is 1. The summed E-state index contributed by atoms with van der Waals surface area (Å²) >= 11 is 5.55. The molecular formula is C28H19BrFN3O6S2. The summed E-state index contributed by atoms with van der Waals surface area (Å²) in [6.07, 6.45) is 0. The highest BCUT2D eigenvalue weighted by atomic mass is 79.9. The number of ether oxygens (including phenoxy) is 1. The number of aromatic nitrogens is 1. The number of hydrogen-bond acceptors (Lipinski definition) is 8. The molecule has 0 saturated carbocycles. The van der Waals surface area contributed by atoms with E-state index in [0.29, 0.717) is 31.4 Å². The summed E-state index contributed by atoms with van der Waals surface area (Å²) in [7, 11) is 0. The van der Waals surface area contributed by atoms with E-state index in [2.05, 4.69) is 26.2 Å². The fourth-order valence-electron chi connectivity index (χ4n) is 4.98. The summed E-state index contributed by atoms with van der Waals surface area (Å²) in [5.41, 5.74) is 1.24. The van der Waals surface area contributed by atoms with Crippen LogP contribution >= 0.6 is 39.0 Å². The molecule has 3 unspecified atom stereocenters. The molecule has 0 spiro atoms. The Morgan fingerprint density at radius 1 is 1.05 bits per heavy atom. The molecule has 1 aromatic heterocycles. The van der Waals surface area contributed by atoms with Gasteiger partial charge in [-0.15, -0.1) is 0 Å². The number of anilines is 2. The minimum atomic E-state index is -0.890. The molecular weight excluding hydrogens is 637 g/mol. The van der Waals surface area contributed by atoms with Crippen LogP contribution in [0.15, 0.2) is 81.0 Å². The highest BCUT2D eigenvalue weighted by Gasteiger charge is 2.56. The summed E-state index contributed by atoms with van der Waals surface area (Å²) < 4.78 is 20.2. The number of benzene rings is 3. The number of phenolic OH excluding ortho intramolecular Hbond substituents is 1. The van der Waals surface area contributed by atoms with Crippen LogP contribution in [0.3, 0.4) is 0 Å². The number of phenols is 1. The number of thiazole rings is 1. The van der Waals surface area contributed by atoms with Gasteiger partial charge in [-0.3, -0.25) is 19.2 Å². The van der Waals surface area contributed by atoms with Crippen molar-refractivity contribution in [3.8, 4) is 11.5 Å². The Hall–Kier alpha value is -3.94.